The molecule has 1 heterocycles. The Hall–Kier alpha value is -1.71. The third kappa shape index (κ3) is 2.45. The first-order valence-corrected chi connectivity index (χ1v) is 5.19. The number of ether oxygens (including phenoxy) is 1. The molecule has 0 bridgehead atoms. The monoisotopic (exact) mass is 214 g/mol. The summed E-state index contributed by atoms with van der Waals surface area (Å²) >= 11 is 0. The van der Waals surface area contributed by atoms with E-state index in [0.29, 0.717) is 0 Å². The van der Waals surface area contributed by atoms with E-state index < -0.39 is 0 Å². The van der Waals surface area contributed by atoms with Gasteiger partial charge in [0.2, 0.25) is 0 Å². The molecule has 0 saturated heterocycles. The van der Waals surface area contributed by atoms with Gasteiger partial charge in [0, 0.05) is 6.20 Å². The van der Waals surface area contributed by atoms with Crippen LogP contribution in [-0.4, -0.2) is 11.7 Å². The van der Waals surface area contributed by atoms with Crippen molar-refractivity contribution in [2.45, 2.75) is 6.10 Å². The fraction of sp³-hybridized carbons (Fsp3) is 0.154. The highest BCUT2D eigenvalue weighted by atomic mass is 16.5. The van der Waals surface area contributed by atoms with E-state index in [2.05, 4.69) is 4.98 Å². The Bertz CT molecular complexity index is 377. The van der Waals surface area contributed by atoms with E-state index in [0.717, 1.165) is 11.3 Å². The van der Waals surface area contributed by atoms with Gasteiger partial charge in [0.15, 0.2) is 0 Å². The second-order valence-corrected chi connectivity index (χ2v) is 3.38. The van der Waals surface area contributed by atoms with Crippen molar-refractivity contribution < 1.29 is 4.74 Å². The SMILES string of the molecule is NCOC(c1ccccc1)c1ccccn1. The van der Waals surface area contributed by atoms with Crippen LogP contribution in [0.2, 0.25) is 0 Å². The number of nitrogens with two attached hydrogens (primary N) is 1. The zero-order valence-electron chi connectivity index (χ0n) is 8.91. The van der Waals surface area contributed by atoms with Gasteiger partial charge >= 0.3 is 0 Å². The highest BCUT2D eigenvalue weighted by molar-refractivity contribution is 5.25. The lowest BCUT2D eigenvalue weighted by molar-refractivity contribution is 0.0827. The minimum Gasteiger partial charge on any atom is -0.352 e. The molecule has 82 valence electrons. The smallest absolute Gasteiger partial charge is 0.126 e. The van der Waals surface area contributed by atoms with Gasteiger partial charge in [-0.15, -0.1) is 0 Å². The minimum absolute atomic E-state index is 0.177. The Morgan fingerprint density at radius 3 is 2.44 bits per heavy atom. The van der Waals surface area contributed by atoms with E-state index in [1.165, 1.54) is 0 Å². The van der Waals surface area contributed by atoms with Gasteiger partial charge in [-0.2, -0.15) is 0 Å². The largest absolute Gasteiger partial charge is 0.352 e. The first-order chi connectivity index (χ1) is 7.92. The van der Waals surface area contributed by atoms with E-state index >= 15 is 0 Å². The molecule has 2 aromatic rings. The standard InChI is InChI=1S/C13H14N2O/c14-10-16-13(11-6-2-1-3-7-11)12-8-4-5-9-15-12/h1-9,13H,10,14H2. The van der Waals surface area contributed by atoms with Crippen LogP contribution in [0.3, 0.4) is 0 Å². The summed E-state index contributed by atoms with van der Waals surface area (Å²) < 4.78 is 5.53. The van der Waals surface area contributed by atoms with Gasteiger partial charge in [-0.25, -0.2) is 0 Å². The lowest BCUT2D eigenvalue weighted by Crippen LogP contribution is -2.13. The maximum atomic E-state index is 5.53. The van der Waals surface area contributed by atoms with Crippen molar-refractivity contribution >= 4 is 0 Å². The summed E-state index contributed by atoms with van der Waals surface area (Å²) in [5.41, 5.74) is 7.39. The molecular weight excluding hydrogens is 200 g/mol. The first-order valence-electron chi connectivity index (χ1n) is 5.19. The zero-order valence-corrected chi connectivity index (χ0v) is 8.91. The molecule has 0 saturated carbocycles. The summed E-state index contributed by atoms with van der Waals surface area (Å²) in [7, 11) is 0. The number of aromatic nitrogens is 1. The summed E-state index contributed by atoms with van der Waals surface area (Å²) in [5, 5.41) is 0. The van der Waals surface area contributed by atoms with Gasteiger partial charge in [-0.3, -0.25) is 4.98 Å². The van der Waals surface area contributed by atoms with Gasteiger partial charge in [-0.05, 0) is 17.7 Å². The predicted octanol–water partition coefficient (Wildman–Crippen LogP) is 2.10. The number of hydrogen-bond acceptors (Lipinski definition) is 3. The predicted molar refractivity (Wildman–Crippen MR) is 62.7 cm³/mol. The van der Waals surface area contributed by atoms with Crippen LogP contribution in [0, 0.1) is 0 Å². The maximum absolute atomic E-state index is 5.53. The number of nitrogens with zero attached hydrogens (tertiary/aromatic N) is 1. The van der Waals surface area contributed by atoms with Crippen LogP contribution in [0.4, 0.5) is 0 Å². The quantitative estimate of drug-likeness (QED) is 0.793. The summed E-state index contributed by atoms with van der Waals surface area (Å²) in [6.45, 7) is 0.177. The third-order valence-corrected chi connectivity index (χ3v) is 2.32. The van der Waals surface area contributed by atoms with Crippen LogP contribution in [0.5, 0.6) is 0 Å². The van der Waals surface area contributed by atoms with Gasteiger partial charge < -0.3 is 10.5 Å². The van der Waals surface area contributed by atoms with Crippen molar-refractivity contribution in [2.75, 3.05) is 6.73 Å². The molecule has 3 heteroatoms. The van der Waals surface area contributed by atoms with Crippen molar-refractivity contribution in [1.82, 2.24) is 4.98 Å². The molecule has 0 spiro atoms. The molecule has 3 nitrogen and oxygen atoms in total. The van der Waals surface area contributed by atoms with Gasteiger partial charge in [0.05, 0.1) is 12.4 Å². The average Bonchev–Trinajstić information content (AvgIpc) is 2.38. The normalized spacial score (nSPS) is 12.3. The Morgan fingerprint density at radius 2 is 1.81 bits per heavy atom. The molecule has 2 rings (SSSR count). The van der Waals surface area contributed by atoms with Crippen LogP contribution in [0.15, 0.2) is 54.7 Å². The molecule has 1 aromatic carbocycles. The van der Waals surface area contributed by atoms with Gasteiger partial charge in [0.1, 0.15) is 6.10 Å². The van der Waals surface area contributed by atoms with Crippen molar-refractivity contribution in [3.05, 3.63) is 66.0 Å². The zero-order chi connectivity index (χ0) is 11.2. The van der Waals surface area contributed by atoms with Crippen LogP contribution >= 0.6 is 0 Å². The Morgan fingerprint density at radius 1 is 1.06 bits per heavy atom. The molecule has 0 radical (unpaired) electrons. The molecule has 1 aromatic heterocycles. The Balaban J connectivity index is 2.31. The topological polar surface area (TPSA) is 48.1 Å². The first kappa shape index (κ1) is 10.8. The molecule has 2 N–H and O–H groups in total. The summed E-state index contributed by atoms with van der Waals surface area (Å²) in [6, 6.07) is 15.7. The molecule has 0 fully saturated rings. The van der Waals surface area contributed by atoms with Crippen molar-refractivity contribution in [2.24, 2.45) is 5.73 Å². The molecule has 1 unspecified atom stereocenters. The van der Waals surface area contributed by atoms with Gasteiger partial charge in [-0.1, -0.05) is 36.4 Å². The molecule has 0 aliphatic heterocycles. The van der Waals surface area contributed by atoms with E-state index in [4.69, 9.17) is 10.5 Å². The molecule has 1 atom stereocenters. The van der Waals surface area contributed by atoms with Crippen molar-refractivity contribution in [3.63, 3.8) is 0 Å². The lowest BCUT2D eigenvalue weighted by atomic mass is 10.1. The highest BCUT2D eigenvalue weighted by Crippen LogP contribution is 2.23. The highest BCUT2D eigenvalue weighted by Gasteiger charge is 2.14. The molecule has 0 amide bonds. The molecule has 0 aliphatic carbocycles. The summed E-state index contributed by atoms with van der Waals surface area (Å²) in [5.74, 6) is 0. The Kier molecular flexibility index (Phi) is 3.64. The number of benzene rings is 1. The number of rotatable bonds is 4. The average molecular weight is 214 g/mol. The van der Waals surface area contributed by atoms with Crippen molar-refractivity contribution in [1.29, 1.82) is 0 Å². The molecule has 16 heavy (non-hydrogen) atoms. The molecule has 0 aliphatic rings. The fourth-order valence-electron chi connectivity index (χ4n) is 1.61. The van der Waals surface area contributed by atoms with Crippen LogP contribution in [-0.2, 0) is 4.74 Å². The van der Waals surface area contributed by atoms with E-state index in [1.807, 2.05) is 48.5 Å². The fourth-order valence-corrected chi connectivity index (χ4v) is 1.61. The van der Waals surface area contributed by atoms with Gasteiger partial charge in [0.25, 0.3) is 0 Å². The van der Waals surface area contributed by atoms with Crippen molar-refractivity contribution in [3.8, 4) is 0 Å². The number of hydrogen-bond donors (Lipinski definition) is 1. The molecular formula is C13H14N2O. The summed E-state index contributed by atoms with van der Waals surface area (Å²) in [4.78, 5) is 4.29. The van der Waals surface area contributed by atoms with Crippen LogP contribution in [0.1, 0.15) is 17.4 Å². The lowest BCUT2D eigenvalue weighted by Gasteiger charge is -2.16. The van der Waals surface area contributed by atoms with Crippen LogP contribution < -0.4 is 5.73 Å². The van der Waals surface area contributed by atoms with Crippen LogP contribution in [0.25, 0.3) is 0 Å². The van der Waals surface area contributed by atoms with E-state index in [9.17, 15) is 0 Å². The number of pyridine rings is 1. The Labute approximate surface area is 94.9 Å². The maximum Gasteiger partial charge on any atom is 0.126 e. The van der Waals surface area contributed by atoms with E-state index in [1.54, 1.807) is 6.20 Å². The second-order valence-electron chi connectivity index (χ2n) is 3.38. The summed E-state index contributed by atoms with van der Waals surface area (Å²) in [6.07, 6.45) is 1.57. The van der Waals surface area contributed by atoms with E-state index in [-0.39, 0.29) is 12.8 Å². The minimum atomic E-state index is -0.188. The third-order valence-electron chi connectivity index (χ3n) is 2.32. The second kappa shape index (κ2) is 5.39.